The molecule has 0 saturated carbocycles. The van der Waals surface area contributed by atoms with Crippen molar-refractivity contribution in [3.63, 3.8) is 0 Å². The molecule has 6 heteroatoms. The third-order valence-electron chi connectivity index (χ3n) is 5.12. The number of hydrogen-bond acceptors (Lipinski definition) is 4. The van der Waals surface area contributed by atoms with Crippen LogP contribution in [0.2, 0.25) is 0 Å². The molecule has 28 heavy (non-hydrogen) atoms. The fourth-order valence-electron chi connectivity index (χ4n) is 3.79. The van der Waals surface area contributed by atoms with Gasteiger partial charge in [0.1, 0.15) is 5.82 Å². The fourth-order valence-corrected chi connectivity index (χ4v) is 4.67. The molecule has 1 atom stereocenters. The zero-order valence-electron chi connectivity index (χ0n) is 16.2. The van der Waals surface area contributed by atoms with Gasteiger partial charge in [0.15, 0.2) is 5.16 Å². The van der Waals surface area contributed by atoms with Crippen LogP contribution in [-0.2, 0) is 24.2 Å². The molecule has 0 saturated heterocycles. The summed E-state index contributed by atoms with van der Waals surface area (Å²) in [5.41, 5.74) is 3.50. The van der Waals surface area contributed by atoms with Crippen molar-refractivity contribution in [3.05, 3.63) is 71.5 Å². The maximum Gasteiger partial charge on any atom is 0.237 e. The number of carbonyl (C=O) groups excluding carboxylic acids is 1. The Labute approximate surface area is 169 Å². The molecule has 1 amide bonds. The highest BCUT2D eigenvalue weighted by Crippen LogP contribution is 2.32. The number of nitrogens with zero attached hydrogens (tertiary/aromatic N) is 4. The van der Waals surface area contributed by atoms with Crippen LogP contribution in [0.1, 0.15) is 30.8 Å². The van der Waals surface area contributed by atoms with Crippen LogP contribution in [0.15, 0.2) is 59.8 Å². The number of aromatic nitrogens is 3. The van der Waals surface area contributed by atoms with E-state index in [-0.39, 0.29) is 11.9 Å². The number of hydrogen-bond donors (Lipinski definition) is 0. The molecule has 0 radical (unpaired) electrons. The van der Waals surface area contributed by atoms with Crippen molar-refractivity contribution in [2.24, 2.45) is 0 Å². The molecule has 1 aliphatic heterocycles. The quantitative estimate of drug-likeness (QED) is 0.596. The second-order valence-corrected chi connectivity index (χ2v) is 7.98. The van der Waals surface area contributed by atoms with Gasteiger partial charge < -0.3 is 9.47 Å². The molecule has 1 aliphatic rings. The zero-order chi connectivity index (χ0) is 19.5. The van der Waals surface area contributed by atoms with E-state index in [4.69, 9.17) is 0 Å². The standard InChI is InChI=1S/C22H24N4OS/c1-3-25-20(14-17-9-5-4-6-10-17)23-24-22(25)28-15-21(27)26-16(2)13-18-11-7-8-12-19(18)26/h4-12,16H,3,13-15H2,1-2H3. The minimum Gasteiger partial charge on any atom is -0.308 e. The minimum absolute atomic E-state index is 0.123. The summed E-state index contributed by atoms with van der Waals surface area (Å²) < 4.78 is 2.10. The van der Waals surface area contributed by atoms with Crippen LogP contribution in [0.4, 0.5) is 5.69 Å². The lowest BCUT2D eigenvalue weighted by atomic mass is 10.1. The highest BCUT2D eigenvalue weighted by atomic mass is 32.2. The predicted molar refractivity (Wildman–Crippen MR) is 113 cm³/mol. The van der Waals surface area contributed by atoms with Crippen molar-refractivity contribution < 1.29 is 4.79 Å². The molecule has 2 heterocycles. The summed E-state index contributed by atoms with van der Waals surface area (Å²) in [6.07, 6.45) is 1.66. The third-order valence-corrected chi connectivity index (χ3v) is 6.07. The summed E-state index contributed by atoms with van der Waals surface area (Å²) in [5.74, 6) is 1.42. The lowest BCUT2D eigenvalue weighted by Gasteiger charge is -2.22. The summed E-state index contributed by atoms with van der Waals surface area (Å²) in [6.45, 7) is 4.98. The Morgan fingerprint density at radius 3 is 2.64 bits per heavy atom. The second kappa shape index (κ2) is 8.19. The summed E-state index contributed by atoms with van der Waals surface area (Å²) in [4.78, 5) is 14.9. The molecule has 144 valence electrons. The Balaban J connectivity index is 1.46. The Morgan fingerprint density at radius 1 is 1.11 bits per heavy atom. The molecular weight excluding hydrogens is 368 g/mol. The average Bonchev–Trinajstić information content (AvgIpc) is 3.26. The molecule has 3 aromatic rings. The molecule has 0 fully saturated rings. The number of rotatable bonds is 6. The van der Waals surface area contributed by atoms with Gasteiger partial charge in [-0.2, -0.15) is 0 Å². The number of anilines is 1. The summed E-state index contributed by atoms with van der Waals surface area (Å²) in [5, 5.41) is 9.53. The van der Waals surface area contributed by atoms with E-state index in [1.54, 1.807) is 0 Å². The van der Waals surface area contributed by atoms with Gasteiger partial charge in [0.05, 0.1) is 5.75 Å². The van der Waals surface area contributed by atoms with E-state index < -0.39 is 0 Å². The second-order valence-electron chi connectivity index (χ2n) is 7.04. The topological polar surface area (TPSA) is 51.0 Å². The third kappa shape index (κ3) is 3.69. The molecule has 5 nitrogen and oxygen atoms in total. The average molecular weight is 393 g/mol. The lowest BCUT2D eigenvalue weighted by Crippen LogP contribution is -2.37. The van der Waals surface area contributed by atoms with Gasteiger partial charge in [-0.1, -0.05) is 60.3 Å². The number of fused-ring (bicyclic) bond motifs is 1. The molecule has 2 aromatic carbocycles. The number of para-hydroxylation sites is 1. The molecule has 0 N–H and O–H groups in total. The summed E-state index contributed by atoms with van der Waals surface area (Å²) >= 11 is 1.47. The minimum atomic E-state index is 0.123. The van der Waals surface area contributed by atoms with E-state index in [9.17, 15) is 4.79 Å². The molecule has 1 aromatic heterocycles. The van der Waals surface area contributed by atoms with Crippen molar-refractivity contribution in [2.45, 2.75) is 44.4 Å². The fraction of sp³-hybridized carbons (Fsp3) is 0.318. The highest BCUT2D eigenvalue weighted by Gasteiger charge is 2.30. The highest BCUT2D eigenvalue weighted by molar-refractivity contribution is 7.99. The first kappa shape index (κ1) is 18.7. The molecule has 0 bridgehead atoms. The van der Waals surface area contributed by atoms with E-state index in [1.165, 1.54) is 22.9 Å². The predicted octanol–water partition coefficient (Wildman–Crippen LogP) is 3.96. The van der Waals surface area contributed by atoms with Gasteiger partial charge >= 0.3 is 0 Å². The van der Waals surface area contributed by atoms with Crippen LogP contribution in [-0.4, -0.2) is 32.5 Å². The number of thioether (sulfide) groups is 1. The molecule has 4 rings (SSSR count). The van der Waals surface area contributed by atoms with Gasteiger partial charge in [-0.15, -0.1) is 10.2 Å². The van der Waals surface area contributed by atoms with Crippen molar-refractivity contribution in [1.29, 1.82) is 0 Å². The first-order valence-corrected chi connectivity index (χ1v) is 10.6. The van der Waals surface area contributed by atoms with Gasteiger partial charge in [0.25, 0.3) is 0 Å². The molecular formula is C22H24N4OS. The first-order chi connectivity index (χ1) is 13.7. The van der Waals surface area contributed by atoms with Crippen LogP contribution in [0, 0.1) is 0 Å². The van der Waals surface area contributed by atoms with E-state index in [0.717, 1.165) is 36.1 Å². The molecule has 0 spiro atoms. The normalized spacial score (nSPS) is 15.6. The van der Waals surface area contributed by atoms with Gasteiger partial charge in [0, 0.05) is 24.7 Å². The monoisotopic (exact) mass is 392 g/mol. The van der Waals surface area contributed by atoms with E-state index in [1.807, 2.05) is 41.3 Å². The molecule has 1 unspecified atom stereocenters. The Morgan fingerprint density at radius 2 is 1.86 bits per heavy atom. The number of benzene rings is 2. The van der Waals surface area contributed by atoms with Crippen LogP contribution >= 0.6 is 11.8 Å². The van der Waals surface area contributed by atoms with E-state index in [0.29, 0.717) is 5.75 Å². The molecule has 0 aliphatic carbocycles. The number of carbonyl (C=O) groups is 1. The maximum absolute atomic E-state index is 12.9. The number of amides is 1. The van der Waals surface area contributed by atoms with Crippen molar-refractivity contribution in [3.8, 4) is 0 Å². The summed E-state index contributed by atoms with van der Waals surface area (Å²) in [7, 11) is 0. The Bertz CT molecular complexity index is 970. The van der Waals surface area contributed by atoms with Gasteiger partial charge in [-0.25, -0.2) is 0 Å². The van der Waals surface area contributed by atoms with Gasteiger partial charge in [-0.3, -0.25) is 4.79 Å². The SMILES string of the molecule is CCn1c(Cc2ccccc2)nnc1SCC(=O)N1c2ccccc2CC1C. The van der Waals surface area contributed by atoms with Crippen molar-refractivity contribution in [2.75, 3.05) is 10.7 Å². The van der Waals surface area contributed by atoms with E-state index >= 15 is 0 Å². The maximum atomic E-state index is 12.9. The van der Waals surface area contributed by atoms with Crippen LogP contribution in [0.5, 0.6) is 0 Å². The summed E-state index contributed by atoms with van der Waals surface area (Å²) in [6, 6.07) is 18.6. The lowest BCUT2D eigenvalue weighted by molar-refractivity contribution is -0.116. The first-order valence-electron chi connectivity index (χ1n) is 9.66. The van der Waals surface area contributed by atoms with Crippen LogP contribution in [0.3, 0.4) is 0 Å². The Kier molecular flexibility index (Phi) is 5.48. The van der Waals surface area contributed by atoms with Gasteiger partial charge in [0.2, 0.25) is 5.91 Å². The van der Waals surface area contributed by atoms with Crippen LogP contribution in [0.25, 0.3) is 0 Å². The zero-order valence-corrected chi connectivity index (χ0v) is 17.0. The van der Waals surface area contributed by atoms with Gasteiger partial charge in [-0.05, 0) is 37.5 Å². The van der Waals surface area contributed by atoms with Crippen molar-refractivity contribution >= 4 is 23.4 Å². The smallest absolute Gasteiger partial charge is 0.237 e. The van der Waals surface area contributed by atoms with Crippen LogP contribution < -0.4 is 4.90 Å². The Hall–Kier alpha value is -2.60. The van der Waals surface area contributed by atoms with E-state index in [2.05, 4.69) is 46.8 Å². The van der Waals surface area contributed by atoms with Crippen molar-refractivity contribution in [1.82, 2.24) is 14.8 Å². The largest absolute Gasteiger partial charge is 0.308 e.